The average Bonchev–Trinajstić information content (AvgIpc) is 3.02. The second-order valence-electron chi connectivity index (χ2n) is 5.59. The SMILES string of the molecule is CCOC(C)c1noc(CN(C)C(=O)CCc2ccccc2N)n1.Cl. The highest BCUT2D eigenvalue weighted by Crippen LogP contribution is 2.15. The van der Waals surface area contributed by atoms with E-state index in [0.717, 1.165) is 5.56 Å². The Labute approximate surface area is 153 Å². The molecule has 2 aromatic rings. The minimum absolute atomic E-state index is 0. The fourth-order valence-corrected chi connectivity index (χ4v) is 2.31. The third-order valence-corrected chi connectivity index (χ3v) is 3.73. The lowest BCUT2D eigenvalue weighted by Gasteiger charge is -2.15. The van der Waals surface area contributed by atoms with Gasteiger partial charge in [0.25, 0.3) is 0 Å². The van der Waals surface area contributed by atoms with Crippen molar-refractivity contribution in [3.63, 3.8) is 0 Å². The maximum atomic E-state index is 12.2. The van der Waals surface area contributed by atoms with Crippen LogP contribution >= 0.6 is 12.4 Å². The van der Waals surface area contributed by atoms with Crippen molar-refractivity contribution < 1.29 is 14.1 Å². The molecule has 1 aromatic heterocycles. The molecule has 0 aliphatic rings. The molecule has 1 heterocycles. The predicted octanol–water partition coefficient (Wildman–Crippen LogP) is 2.76. The van der Waals surface area contributed by atoms with Gasteiger partial charge in [0.2, 0.25) is 11.8 Å². The molecule has 2 N–H and O–H groups in total. The maximum absolute atomic E-state index is 12.2. The van der Waals surface area contributed by atoms with Crippen molar-refractivity contribution in [1.29, 1.82) is 0 Å². The zero-order valence-corrected chi connectivity index (χ0v) is 15.6. The molecule has 25 heavy (non-hydrogen) atoms. The van der Waals surface area contributed by atoms with Crippen LogP contribution in [-0.4, -0.2) is 34.6 Å². The molecule has 0 saturated carbocycles. The minimum Gasteiger partial charge on any atom is -0.399 e. The van der Waals surface area contributed by atoms with Gasteiger partial charge in [-0.15, -0.1) is 12.4 Å². The zero-order chi connectivity index (χ0) is 17.5. The van der Waals surface area contributed by atoms with E-state index in [1.165, 1.54) is 0 Å². The van der Waals surface area contributed by atoms with Crippen LogP contribution in [0.2, 0.25) is 0 Å². The number of anilines is 1. The summed E-state index contributed by atoms with van der Waals surface area (Å²) in [4.78, 5) is 18.1. The average molecular weight is 369 g/mol. The maximum Gasteiger partial charge on any atom is 0.246 e. The van der Waals surface area contributed by atoms with Crippen molar-refractivity contribution in [2.45, 2.75) is 39.3 Å². The van der Waals surface area contributed by atoms with Gasteiger partial charge < -0.3 is 19.9 Å². The summed E-state index contributed by atoms with van der Waals surface area (Å²) < 4.78 is 10.6. The number of nitrogens with two attached hydrogens (primary N) is 1. The van der Waals surface area contributed by atoms with Crippen LogP contribution in [0.3, 0.4) is 0 Å². The highest BCUT2D eigenvalue weighted by atomic mass is 35.5. The molecule has 7 nitrogen and oxygen atoms in total. The minimum atomic E-state index is -0.227. The third kappa shape index (κ3) is 6.03. The van der Waals surface area contributed by atoms with E-state index < -0.39 is 0 Å². The smallest absolute Gasteiger partial charge is 0.246 e. The van der Waals surface area contributed by atoms with Gasteiger partial charge in [0.1, 0.15) is 6.10 Å². The number of nitrogens with zero attached hydrogens (tertiary/aromatic N) is 3. The van der Waals surface area contributed by atoms with E-state index in [1.54, 1.807) is 11.9 Å². The first-order chi connectivity index (χ1) is 11.5. The molecule has 1 unspecified atom stereocenters. The van der Waals surface area contributed by atoms with Crippen LogP contribution in [0.25, 0.3) is 0 Å². The van der Waals surface area contributed by atoms with Gasteiger partial charge >= 0.3 is 0 Å². The summed E-state index contributed by atoms with van der Waals surface area (Å²) in [5.74, 6) is 0.882. The van der Waals surface area contributed by atoms with Crippen molar-refractivity contribution >= 4 is 24.0 Å². The largest absolute Gasteiger partial charge is 0.399 e. The Morgan fingerprint density at radius 1 is 1.40 bits per heavy atom. The van der Waals surface area contributed by atoms with Crippen LogP contribution in [0, 0.1) is 0 Å². The van der Waals surface area contributed by atoms with Crippen LogP contribution in [-0.2, 0) is 22.5 Å². The topological polar surface area (TPSA) is 94.5 Å². The Kier molecular flexibility index (Phi) is 8.37. The Hall–Kier alpha value is -2.12. The Morgan fingerprint density at radius 3 is 2.80 bits per heavy atom. The van der Waals surface area contributed by atoms with Gasteiger partial charge in [-0.1, -0.05) is 23.4 Å². The normalized spacial score (nSPS) is 11.6. The summed E-state index contributed by atoms with van der Waals surface area (Å²) in [6.07, 6.45) is 0.752. The summed E-state index contributed by atoms with van der Waals surface area (Å²) in [7, 11) is 1.71. The van der Waals surface area contributed by atoms with Gasteiger partial charge in [-0.3, -0.25) is 4.79 Å². The second kappa shape index (κ2) is 10.0. The summed E-state index contributed by atoms with van der Waals surface area (Å²) in [6, 6.07) is 7.56. The molecule has 0 aliphatic carbocycles. The second-order valence-corrected chi connectivity index (χ2v) is 5.59. The zero-order valence-electron chi connectivity index (χ0n) is 14.8. The van der Waals surface area contributed by atoms with E-state index in [2.05, 4.69) is 10.1 Å². The predicted molar refractivity (Wildman–Crippen MR) is 97.2 cm³/mol. The molecular formula is C17H25ClN4O3. The molecule has 8 heteroatoms. The number of hydrogen-bond donors (Lipinski definition) is 1. The first-order valence-electron chi connectivity index (χ1n) is 8.02. The molecule has 138 valence electrons. The monoisotopic (exact) mass is 368 g/mol. The van der Waals surface area contributed by atoms with E-state index >= 15 is 0 Å². The molecule has 1 atom stereocenters. The van der Waals surface area contributed by atoms with Crippen LogP contribution in [0.5, 0.6) is 0 Å². The van der Waals surface area contributed by atoms with E-state index in [1.807, 2.05) is 38.1 Å². The summed E-state index contributed by atoms with van der Waals surface area (Å²) >= 11 is 0. The fraction of sp³-hybridized carbons (Fsp3) is 0.471. The Bertz CT molecular complexity index is 677. The number of rotatable bonds is 8. The molecule has 0 fully saturated rings. The first-order valence-corrected chi connectivity index (χ1v) is 8.02. The summed E-state index contributed by atoms with van der Waals surface area (Å²) in [6.45, 7) is 4.61. The number of aromatic nitrogens is 2. The number of para-hydroxylation sites is 1. The van der Waals surface area contributed by atoms with Gasteiger partial charge in [0, 0.05) is 25.8 Å². The number of carbonyl (C=O) groups is 1. The number of aryl methyl sites for hydroxylation is 1. The molecule has 0 aliphatic heterocycles. The molecule has 0 radical (unpaired) electrons. The Morgan fingerprint density at radius 2 is 2.12 bits per heavy atom. The lowest BCUT2D eigenvalue weighted by Crippen LogP contribution is -2.26. The lowest BCUT2D eigenvalue weighted by molar-refractivity contribution is -0.130. The molecular weight excluding hydrogens is 344 g/mol. The van der Waals surface area contributed by atoms with E-state index in [9.17, 15) is 4.79 Å². The van der Waals surface area contributed by atoms with Gasteiger partial charge in [-0.2, -0.15) is 4.98 Å². The van der Waals surface area contributed by atoms with Gasteiger partial charge in [0.15, 0.2) is 5.82 Å². The van der Waals surface area contributed by atoms with Crippen molar-refractivity contribution in [3.8, 4) is 0 Å². The quantitative estimate of drug-likeness (QED) is 0.720. The van der Waals surface area contributed by atoms with Crippen molar-refractivity contribution in [1.82, 2.24) is 15.0 Å². The Balaban J connectivity index is 0.00000312. The van der Waals surface area contributed by atoms with E-state index in [4.69, 9.17) is 15.0 Å². The molecule has 1 aromatic carbocycles. The number of benzene rings is 1. The fourth-order valence-electron chi connectivity index (χ4n) is 2.31. The number of hydrogen-bond acceptors (Lipinski definition) is 6. The molecule has 0 bridgehead atoms. The number of amides is 1. The van der Waals surface area contributed by atoms with Crippen molar-refractivity contribution in [3.05, 3.63) is 41.5 Å². The first kappa shape index (κ1) is 20.9. The van der Waals surface area contributed by atoms with Crippen LogP contribution < -0.4 is 5.73 Å². The molecule has 0 saturated heterocycles. The number of ether oxygens (including phenoxy) is 1. The highest BCUT2D eigenvalue weighted by Gasteiger charge is 2.17. The third-order valence-electron chi connectivity index (χ3n) is 3.73. The van der Waals surface area contributed by atoms with Crippen LogP contribution in [0.4, 0.5) is 5.69 Å². The molecule has 2 rings (SSSR count). The number of halogens is 1. The van der Waals surface area contributed by atoms with Gasteiger partial charge in [-0.25, -0.2) is 0 Å². The molecule has 1 amide bonds. The van der Waals surface area contributed by atoms with Crippen LogP contribution in [0.1, 0.15) is 43.7 Å². The lowest BCUT2D eigenvalue weighted by atomic mass is 10.1. The number of nitrogen functional groups attached to an aromatic ring is 1. The molecule has 0 spiro atoms. The summed E-state index contributed by atoms with van der Waals surface area (Å²) in [5, 5.41) is 3.89. The van der Waals surface area contributed by atoms with Crippen molar-refractivity contribution in [2.75, 3.05) is 19.4 Å². The van der Waals surface area contributed by atoms with Gasteiger partial charge in [-0.05, 0) is 31.9 Å². The van der Waals surface area contributed by atoms with Gasteiger partial charge in [0.05, 0.1) is 6.54 Å². The van der Waals surface area contributed by atoms with Crippen molar-refractivity contribution in [2.24, 2.45) is 0 Å². The van der Waals surface area contributed by atoms with E-state index in [0.29, 0.717) is 36.9 Å². The van der Waals surface area contributed by atoms with E-state index in [-0.39, 0.29) is 31.0 Å². The number of carbonyl (C=O) groups excluding carboxylic acids is 1. The standard InChI is InChI=1S/C17H24N4O3.ClH/c1-4-23-12(2)17-19-15(24-20-17)11-21(3)16(22)10-9-13-7-5-6-8-14(13)18;/h5-8,12H,4,9-11,18H2,1-3H3;1H. The summed E-state index contributed by atoms with van der Waals surface area (Å²) in [5.41, 5.74) is 7.58. The highest BCUT2D eigenvalue weighted by molar-refractivity contribution is 5.85. The van der Waals surface area contributed by atoms with Crippen LogP contribution in [0.15, 0.2) is 28.8 Å².